The van der Waals surface area contributed by atoms with E-state index in [1.807, 2.05) is 13.0 Å². The maximum atomic E-state index is 12.1. The molecular weight excluding hydrogens is 244 g/mol. The van der Waals surface area contributed by atoms with Gasteiger partial charge >= 0.3 is 0 Å². The number of ether oxygens (including phenoxy) is 2. The Kier molecular flexibility index (Phi) is 4.27. The van der Waals surface area contributed by atoms with Gasteiger partial charge in [-0.15, -0.1) is 0 Å². The molecule has 1 saturated heterocycles. The van der Waals surface area contributed by atoms with Gasteiger partial charge in [0.1, 0.15) is 0 Å². The largest absolute Gasteiger partial charge is 0.493 e. The number of rotatable bonds is 5. The number of anilines is 1. The summed E-state index contributed by atoms with van der Waals surface area (Å²) >= 11 is 0. The second kappa shape index (κ2) is 5.93. The van der Waals surface area contributed by atoms with E-state index < -0.39 is 0 Å². The van der Waals surface area contributed by atoms with Crippen LogP contribution in [-0.2, 0) is 4.79 Å². The topological polar surface area (TPSA) is 59.6 Å². The van der Waals surface area contributed by atoms with E-state index in [1.165, 1.54) is 0 Å². The van der Waals surface area contributed by atoms with Gasteiger partial charge in [-0.25, -0.2) is 0 Å². The molecule has 1 aliphatic rings. The van der Waals surface area contributed by atoms with Crippen molar-refractivity contribution in [3.05, 3.63) is 18.2 Å². The Labute approximate surface area is 113 Å². The number of methoxy groups -OCH3 is 2. The predicted octanol–water partition coefficient (Wildman–Crippen LogP) is 1.50. The van der Waals surface area contributed by atoms with Crippen LogP contribution >= 0.6 is 0 Å². The van der Waals surface area contributed by atoms with Gasteiger partial charge in [-0.1, -0.05) is 6.92 Å². The average Bonchev–Trinajstić information content (AvgIpc) is 2.36. The summed E-state index contributed by atoms with van der Waals surface area (Å²) < 4.78 is 10.4. The Morgan fingerprint density at radius 1 is 1.32 bits per heavy atom. The quantitative estimate of drug-likeness (QED) is 0.846. The number of carbonyl (C=O) groups excluding carboxylic acids is 1. The zero-order chi connectivity index (χ0) is 13.8. The first-order valence-electron chi connectivity index (χ1n) is 6.39. The number of hydrogen-bond donors (Lipinski definition) is 2. The van der Waals surface area contributed by atoms with E-state index in [0.29, 0.717) is 17.4 Å². The number of benzene rings is 1. The van der Waals surface area contributed by atoms with Gasteiger partial charge in [0, 0.05) is 17.7 Å². The second-order valence-electron chi connectivity index (χ2n) is 4.77. The van der Waals surface area contributed by atoms with Gasteiger partial charge in [0.05, 0.1) is 14.2 Å². The van der Waals surface area contributed by atoms with Crippen LogP contribution < -0.4 is 20.1 Å². The molecule has 0 aliphatic carbocycles. The first-order chi connectivity index (χ1) is 9.15. The summed E-state index contributed by atoms with van der Waals surface area (Å²) in [4.78, 5) is 12.1. The van der Waals surface area contributed by atoms with E-state index in [2.05, 4.69) is 10.6 Å². The molecule has 5 heteroatoms. The first-order valence-corrected chi connectivity index (χ1v) is 6.39. The fraction of sp³-hybridized carbons (Fsp3) is 0.500. The third-order valence-corrected chi connectivity index (χ3v) is 3.58. The lowest BCUT2D eigenvalue weighted by Crippen LogP contribution is -2.48. The highest BCUT2D eigenvalue weighted by Crippen LogP contribution is 2.30. The minimum Gasteiger partial charge on any atom is -0.493 e. The highest BCUT2D eigenvalue weighted by molar-refractivity contribution is 5.93. The van der Waals surface area contributed by atoms with Crippen molar-refractivity contribution in [3.63, 3.8) is 0 Å². The molecule has 0 aromatic heterocycles. The normalized spacial score (nSPS) is 16.4. The third kappa shape index (κ3) is 2.98. The summed E-state index contributed by atoms with van der Waals surface area (Å²) in [5.41, 5.74) is 0.724. The average molecular weight is 264 g/mol. The van der Waals surface area contributed by atoms with Crippen molar-refractivity contribution in [2.75, 3.05) is 32.6 Å². The molecule has 0 spiro atoms. The van der Waals surface area contributed by atoms with E-state index in [-0.39, 0.29) is 11.8 Å². The lowest BCUT2D eigenvalue weighted by molar-refractivity contribution is -0.121. The van der Waals surface area contributed by atoms with Crippen LogP contribution in [0.5, 0.6) is 11.5 Å². The molecule has 1 aliphatic heterocycles. The van der Waals surface area contributed by atoms with Crippen LogP contribution in [-0.4, -0.2) is 33.2 Å². The molecule has 1 unspecified atom stereocenters. The van der Waals surface area contributed by atoms with E-state index in [9.17, 15) is 4.79 Å². The Morgan fingerprint density at radius 2 is 2.00 bits per heavy atom. The van der Waals surface area contributed by atoms with E-state index >= 15 is 0 Å². The Hall–Kier alpha value is -1.75. The molecule has 1 aromatic carbocycles. The molecule has 5 nitrogen and oxygen atoms in total. The number of amides is 1. The second-order valence-corrected chi connectivity index (χ2v) is 4.77. The molecule has 104 valence electrons. The third-order valence-electron chi connectivity index (χ3n) is 3.58. The molecule has 1 atom stereocenters. The fourth-order valence-electron chi connectivity index (χ4n) is 2.05. The molecule has 1 heterocycles. The van der Waals surface area contributed by atoms with Gasteiger partial charge in [0.2, 0.25) is 5.91 Å². The highest BCUT2D eigenvalue weighted by atomic mass is 16.5. The molecule has 1 aromatic rings. The molecular formula is C14H20N2O3. The monoisotopic (exact) mass is 264 g/mol. The number of carbonyl (C=O) groups is 1. The molecule has 2 rings (SSSR count). The van der Waals surface area contributed by atoms with E-state index in [0.717, 1.165) is 18.8 Å². The lowest BCUT2D eigenvalue weighted by Gasteiger charge is -2.31. The van der Waals surface area contributed by atoms with Crippen molar-refractivity contribution in [2.24, 2.45) is 11.8 Å². The standard InChI is InChI=1S/C14H20N2O3/c1-9(10-7-15-8-10)14(17)16-11-4-5-12(18-2)13(6-11)19-3/h4-6,9-10,15H,7-8H2,1-3H3,(H,16,17). The van der Waals surface area contributed by atoms with Gasteiger partial charge in [0.15, 0.2) is 11.5 Å². The maximum Gasteiger partial charge on any atom is 0.227 e. The smallest absolute Gasteiger partial charge is 0.227 e. The summed E-state index contributed by atoms with van der Waals surface area (Å²) in [6, 6.07) is 5.36. The van der Waals surface area contributed by atoms with Gasteiger partial charge < -0.3 is 20.1 Å². The van der Waals surface area contributed by atoms with Gasteiger partial charge in [-0.3, -0.25) is 4.79 Å². The molecule has 2 N–H and O–H groups in total. The van der Waals surface area contributed by atoms with Crippen molar-refractivity contribution >= 4 is 11.6 Å². The summed E-state index contributed by atoms with van der Waals surface area (Å²) in [7, 11) is 3.16. The molecule has 0 saturated carbocycles. The van der Waals surface area contributed by atoms with Crippen LogP contribution in [0, 0.1) is 11.8 Å². The van der Waals surface area contributed by atoms with Crippen molar-refractivity contribution in [3.8, 4) is 11.5 Å². The van der Waals surface area contributed by atoms with Crippen LogP contribution in [0.2, 0.25) is 0 Å². The Balaban J connectivity index is 2.03. The predicted molar refractivity (Wildman–Crippen MR) is 73.7 cm³/mol. The van der Waals surface area contributed by atoms with Gasteiger partial charge in [-0.2, -0.15) is 0 Å². The summed E-state index contributed by atoms with van der Waals surface area (Å²) in [5, 5.41) is 6.09. The van der Waals surface area contributed by atoms with Crippen LogP contribution in [0.4, 0.5) is 5.69 Å². The van der Waals surface area contributed by atoms with E-state index in [4.69, 9.17) is 9.47 Å². The summed E-state index contributed by atoms with van der Waals surface area (Å²) in [5.74, 6) is 1.74. The van der Waals surface area contributed by atoms with Crippen molar-refractivity contribution in [1.82, 2.24) is 5.32 Å². The molecule has 19 heavy (non-hydrogen) atoms. The number of nitrogens with one attached hydrogen (secondary N) is 2. The SMILES string of the molecule is COc1ccc(NC(=O)C(C)C2CNC2)cc1OC. The van der Waals surface area contributed by atoms with E-state index in [1.54, 1.807) is 26.4 Å². The molecule has 0 radical (unpaired) electrons. The number of hydrogen-bond acceptors (Lipinski definition) is 4. The van der Waals surface area contributed by atoms with Crippen LogP contribution in [0.1, 0.15) is 6.92 Å². The summed E-state index contributed by atoms with van der Waals surface area (Å²) in [6.07, 6.45) is 0. The lowest BCUT2D eigenvalue weighted by atomic mass is 9.88. The van der Waals surface area contributed by atoms with Crippen LogP contribution in [0.25, 0.3) is 0 Å². The Morgan fingerprint density at radius 3 is 2.53 bits per heavy atom. The van der Waals surface area contributed by atoms with Crippen LogP contribution in [0.15, 0.2) is 18.2 Å². The zero-order valence-electron chi connectivity index (χ0n) is 11.5. The summed E-state index contributed by atoms with van der Waals surface area (Å²) in [6.45, 7) is 3.79. The minimum atomic E-state index is 0.00865. The van der Waals surface area contributed by atoms with Crippen molar-refractivity contribution < 1.29 is 14.3 Å². The van der Waals surface area contributed by atoms with Crippen molar-refractivity contribution in [1.29, 1.82) is 0 Å². The molecule has 1 amide bonds. The molecule has 0 bridgehead atoms. The minimum absolute atomic E-state index is 0.00865. The van der Waals surface area contributed by atoms with Crippen LogP contribution in [0.3, 0.4) is 0 Å². The first kappa shape index (κ1) is 13.7. The van der Waals surface area contributed by atoms with Crippen molar-refractivity contribution in [2.45, 2.75) is 6.92 Å². The highest BCUT2D eigenvalue weighted by Gasteiger charge is 2.28. The van der Waals surface area contributed by atoms with Gasteiger partial charge in [0.25, 0.3) is 0 Å². The Bertz CT molecular complexity index is 458. The molecule has 1 fully saturated rings. The maximum absolute atomic E-state index is 12.1. The zero-order valence-corrected chi connectivity index (χ0v) is 11.5. The fourth-order valence-corrected chi connectivity index (χ4v) is 2.05. The van der Waals surface area contributed by atoms with Gasteiger partial charge in [-0.05, 0) is 31.1 Å².